The molecule has 0 aliphatic carbocycles. The lowest BCUT2D eigenvalue weighted by Gasteiger charge is -2.14. The van der Waals surface area contributed by atoms with Crippen LogP contribution < -0.4 is 10.6 Å². The average Bonchev–Trinajstić information content (AvgIpc) is 2.82. The second-order valence-electron chi connectivity index (χ2n) is 5.33. The number of aryl methyl sites for hydroxylation is 1. The van der Waals surface area contributed by atoms with Crippen molar-refractivity contribution in [2.24, 2.45) is 5.92 Å². The van der Waals surface area contributed by atoms with Gasteiger partial charge in [-0.15, -0.1) is 0 Å². The topological polar surface area (TPSA) is 104 Å². The van der Waals surface area contributed by atoms with Crippen molar-refractivity contribution in [2.75, 3.05) is 0 Å². The largest absolute Gasteiger partial charge is 0.481 e. The molecule has 1 aromatic heterocycles. The molecule has 7 heteroatoms. The van der Waals surface area contributed by atoms with Gasteiger partial charge in [-0.3, -0.25) is 4.79 Å². The standard InChI is InChI=1S/C14H23N3O4/c1-9(13(18)19)5-4-6-10(2)16-14(20)15-8-12-7-11(3)17-21-12/h7,9-10H,4-6,8H2,1-3H3,(H,18,19)(H2,15,16,20). The van der Waals surface area contributed by atoms with Gasteiger partial charge in [-0.1, -0.05) is 18.5 Å². The van der Waals surface area contributed by atoms with Gasteiger partial charge < -0.3 is 20.3 Å². The van der Waals surface area contributed by atoms with Crippen LogP contribution in [0.3, 0.4) is 0 Å². The molecule has 0 bridgehead atoms. The van der Waals surface area contributed by atoms with E-state index in [0.717, 1.165) is 18.5 Å². The van der Waals surface area contributed by atoms with Gasteiger partial charge in [0.05, 0.1) is 18.2 Å². The van der Waals surface area contributed by atoms with E-state index in [0.29, 0.717) is 12.2 Å². The minimum absolute atomic E-state index is 0.0116. The lowest BCUT2D eigenvalue weighted by Crippen LogP contribution is -2.40. The fraction of sp³-hybridized carbons (Fsp3) is 0.643. The third-order valence-electron chi connectivity index (χ3n) is 3.17. The van der Waals surface area contributed by atoms with Gasteiger partial charge in [-0.05, 0) is 26.7 Å². The number of nitrogens with zero attached hydrogens (tertiary/aromatic N) is 1. The van der Waals surface area contributed by atoms with Crippen LogP contribution in [0.25, 0.3) is 0 Å². The summed E-state index contributed by atoms with van der Waals surface area (Å²) in [5.41, 5.74) is 0.771. The van der Waals surface area contributed by atoms with E-state index in [1.165, 1.54) is 0 Å². The SMILES string of the molecule is Cc1cc(CNC(=O)NC(C)CCCC(C)C(=O)O)on1. The molecule has 1 aromatic rings. The summed E-state index contributed by atoms with van der Waals surface area (Å²) in [5, 5.41) is 18.0. The molecule has 21 heavy (non-hydrogen) atoms. The van der Waals surface area contributed by atoms with E-state index in [4.69, 9.17) is 9.63 Å². The van der Waals surface area contributed by atoms with Crippen molar-refractivity contribution < 1.29 is 19.2 Å². The highest BCUT2D eigenvalue weighted by Gasteiger charge is 2.12. The number of carboxylic acid groups (broad SMARTS) is 1. The van der Waals surface area contributed by atoms with Gasteiger partial charge in [0.2, 0.25) is 0 Å². The van der Waals surface area contributed by atoms with Gasteiger partial charge in [0, 0.05) is 12.1 Å². The molecule has 0 aliphatic rings. The average molecular weight is 297 g/mol. The zero-order valence-corrected chi connectivity index (χ0v) is 12.7. The summed E-state index contributed by atoms with van der Waals surface area (Å²) in [5.74, 6) is -0.526. The smallest absolute Gasteiger partial charge is 0.315 e. The molecule has 7 nitrogen and oxygen atoms in total. The highest BCUT2D eigenvalue weighted by molar-refractivity contribution is 5.74. The fourth-order valence-corrected chi connectivity index (χ4v) is 1.87. The molecule has 2 atom stereocenters. The second kappa shape index (κ2) is 8.28. The number of nitrogens with one attached hydrogen (secondary N) is 2. The molecule has 0 radical (unpaired) electrons. The van der Waals surface area contributed by atoms with Crippen LogP contribution in [0.1, 0.15) is 44.6 Å². The van der Waals surface area contributed by atoms with Crippen molar-refractivity contribution in [1.82, 2.24) is 15.8 Å². The Balaban J connectivity index is 2.17. The molecule has 2 unspecified atom stereocenters. The molecular formula is C14H23N3O4. The van der Waals surface area contributed by atoms with E-state index in [1.54, 1.807) is 13.0 Å². The van der Waals surface area contributed by atoms with Crippen molar-refractivity contribution in [3.8, 4) is 0 Å². The van der Waals surface area contributed by atoms with Crippen LogP contribution in [-0.2, 0) is 11.3 Å². The number of aromatic nitrogens is 1. The Kier molecular flexibility index (Phi) is 6.71. The number of hydrogen-bond acceptors (Lipinski definition) is 4. The van der Waals surface area contributed by atoms with Crippen LogP contribution in [0.4, 0.5) is 4.79 Å². The summed E-state index contributed by atoms with van der Waals surface area (Å²) >= 11 is 0. The van der Waals surface area contributed by atoms with Crippen LogP contribution in [-0.4, -0.2) is 28.3 Å². The van der Waals surface area contributed by atoms with Crippen LogP contribution in [0, 0.1) is 12.8 Å². The van der Waals surface area contributed by atoms with Gasteiger partial charge in [0.15, 0.2) is 5.76 Å². The third kappa shape index (κ3) is 6.78. The minimum Gasteiger partial charge on any atom is -0.481 e. The van der Waals surface area contributed by atoms with Crippen LogP contribution >= 0.6 is 0 Å². The first-order valence-electron chi connectivity index (χ1n) is 7.08. The molecule has 0 fully saturated rings. The number of rotatable bonds is 8. The number of amides is 2. The number of urea groups is 1. The molecule has 0 aromatic carbocycles. The first kappa shape index (κ1) is 17.0. The van der Waals surface area contributed by atoms with E-state index in [1.807, 2.05) is 13.8 Å². The zero-order valence-electron chi connectivity index (χ0n) is 12.7. The monoisotopic (exact) mass is 297 g/mol. The summed E-state index contributed by atoms with van der Waals surface area (Å²) in [6.07, 6.45) is 2.11. The highest BCUT2D eigenvalue weighted by atomic mass is 16.5. The van der Waals surface area contributed by atoms with Gasteiger partial charge in [0.25, 0.3) is 0 Å². The molecule has 118 valence electrons. The summed E-state index contributed by atoms with van der Waals surface area (Å²) in [6.45, 7) is 5.68. The van der Waals surface area contributed by atoms with E-state index in [2.05, 4.69) is 15.8 Å². The van der Waals surface area contributed by atoms with Gasteiger partial charge in [-0.25, -0.2) is 4.79 Å². The van der Waals surface area contributed by atoms with Crippen molar-refractivity contribution in [2.45, 2.75) is 52.6 Å². The van der Waals surface area contributed by atoms with Crippen molar-refractivity contribution in [1.29, 1.82) is 0 Å². The van der Waals surface area contributed by atoms with Crippen LogP contribution in [0.2, 0.25) is 0 Å². The Morgan fingerprint density at radius 2 is 2.10 bits per heavy atom. The van der Waals surface area contributed by atoms with E-state index in [9.17, 15) is 9.59 Å². The third-order valence-corrected chi connectivity index (χ3v) is 3.17. The van der Waals surface area contributed by atoms with Crippen molar-refractivity contribution in [3.05, 3.63) is 17.5 Å². The molecule has 2 amide bonds. The molecule has 1 rings (SSSR count). The Morgan fingerprint density at radius 3 is 2.67 bits per heavy atom. The Bertz CT molecular complexity index is 473. The summed E-state index contributed by atoms with van der Waals surface area (Å²) in [7, 11) is 0. The Hall–Kier alpha value is -2.05. The normalized spacial score (nSPS) is 13.5. The maximum atomic E-state index is 11.7. The van der Waals surface area contributed by atoms with Gasteiger partial charge in [0.1, 0.15) is 0 Å². The first-order chi connectivity index (χ1) is 9.88. The highest BCUT2D eigenvalue weighted by Crippen LogP contribution is 2.09. The van der Waals surface area contributed by atoms with Gasteiger partial charge >= 0.3 is 12.0 Å². The van der Waals surface area contributed by atoms with E-state index < -0.39 is 5.97 Å². The minimum atomic E-state index is -0.782. The second-order valence-corrected chi connectivity index (χ2v) is 5.33. The maximum Gasteiger partial charge on any atom is 0.315 e. The summed E-state index contributed by atoms with van der Waals surface area (Å²) in [6, 6.07) is 1.47. The first-order valence-corrected chi connectivity index (χ1v) is 7.08. The Labute approximate surface area is 124 Å². The number of carbonyl (C=O) groups excluding carboxylic acids is 1. The predicted molar refractivity (Wildman–Crippen MR) is 76.7 cm³/mol. The Morgan fingerprint density at radius 1 is 1.38 bits per heavy atom. The molecule has 1 heterocycles. The lowest BCUT2D eigenvalue weighted by atomic mass is 10.0. The van der Waals surface area contributed by atoms with Crippen molar-refractivity contribution >= 4 is 12.0 Å². The van der Waals surface area contributed by atoms with E-state index in [-0.39, 0.29) is 24.5 Å². The molecular weight excluding hydrogens is 274 g/mol. The molecule has 3 N–H and O–H groups in total. The van der Waals surface area contributed by atoms with Crippen LogP contribution in [0.15, 0.2) is 10.6 Å². The number of aliphatic carboxylic acids is 1. The number of hydrogen-bond donors (Lipinski definition) is 3. The fourth-order valence-electron chi connectivity index (χ4n) is 1.87. The van der Waals surface area contributed by atoms with E-state index >= 15 is 0 Å². The maximum absolute atomic E-state index is 11.7. The molecule has 0 spiro atoms. The molecule has 0 aliphatic heterocycles. The molecule has 0 saturated carbocycles. The number of carboxylic acids is 1. The molecule has 0 saturated heterocycles. The quantitative estimate of drug-likeness (QED) is 0.681. The zero-order chi connectivity index (χ0) is 15.8. The lowest BCUT2D eigenvalue weighted by molar-refractivity contribution is -0.141. The predicted octanol–water partition coefficient (Wildman–Crippen LogP) is 2.06. The summed E-state index contributed by atoms with van der Waals surface area (Å²) in [4.78, 5) is 22.3. The van der Waals surface area contributed by atoms with Gasteiger partial charge in [-0.2, -0.15) is 0 Å². The summed E-state index contributed by atoms with van der Waals surface area (Å²) < 4.78 is 4.99. The van der Waals surface area contributed by atoms with Crippen molar-refractivity contribution in [3.63, 3.8) is 0 Å². The number of carbonyl (C=O) groups is 2. The van der Waals surface area contributed by atoms with Crippen LogP contribution in [0.5, 0.6) is 0 Å².